The molecule has 0 saturated carbocycles. The first-order chi connectivity index (χ1) is 12.0. The third-order valence-electron chi connectivity index (χ3n) is 4.32. The summed E-state index contributed by atoms with van der Waals surface area (Å²) < 4.78 is 0. The fourth-order valence-electron chi connectivity index (χ4n) is 2.95. The maximum atomic E-state index is 6.46. The van der Waals surface area contributed by atoms with Gasteiger partial charge in [0.2, 0.25) is 0 Å². The fraction of sp³-hybridized carbons (Fsp3) is 0.450. The third kappa shape index (κ3) is 5.73. The van der Waals surface area contributed by atoms with Crippen LogP contribution in [0.15, 0.2) is 47.6 Å². The second-order valence-electron chi connectivity index (χ2n) is 6.88. The first kappa shape index (κ1) is 19.2. The summed E-state index contributed by atoms with van der Waals surface area (Å²) in [6.45, 7) is 12.1. The quantitative estimate of drug-likeness (QED) is 0.404. The van der Waals surface area contributed by atoms with Crippen molar-refractivity contribution >= 4 is 11.9 Å². The van der Waals surface area contributed by atoms with Gasteiger partial charge >= 0.3 is 0 Å². The number of nitrogens with two attached hydrogens (primary N) is 2. The first-order valence-electron chi connectivity index (χ1n) is 8.97. The molecule has 0 radical (unpaired) electrons. The predicted octanol–water partition coefficient (Wildman–Crippen LogP) is 2.47. The van der Waals surface area contributed by atoms with Crippen LogP contribution in [-0.4, -0.2) is 37.4 Å². The molecule has 0 bridgehead atoms. The zero-order valence-electron chi connectivity index (χ0n) is 15.4. The number of hydrogen-bond donors (Lipinski definition) is 3. The third-order valence-corrected chi connectivity index (χ3v) is 4.32. The zero-order chi connectivity index (χ0) is 18.2. The molecule has 1 aliphatic heterocycles. The number of hydrazone groups is 1. The summed E-state index contributed by atoms with van der Waals surface area (Å²) in [7, 11) is 0. The molecule has 1 saturated heterocycles. The summed E-state index contributed by atoms with van der Waals surface area (Å²) in [6, 6.07) is 5.83. The summed E-state index contributed by atoms with van der Waals surface area (Å²) in [6.07, 6.45) is 6.52. The van der Waals surface area contributed by atoms with Crippen molar-refractivity contribution in [2.45, 2.75) is 26.3 Å². The second-order valence-corrected chi connectivity index (χ2v) is 6.88. The molecular weight excluding hydrogens is 310 g/mol. The van der Waals surface area contributed by atoms with Gasteiger partial charge in [-0.3, -0.25) is 5.01 Å². The summed E-state index contributed by atoms with van der Waals surface area (Å²) in [4.78, 5) is 0. The molecule has 1 aliphatic rings. The highest BCUT2D eigenvalue weighted by Crippen LogP contribution is 2.27. The second kappa shape index (κ2) is 9.39. The zero-order valence-corrected chi connectivity index (χ0v) is 15.4. The Hall–Kier alpha value is -2.11. The predicted molar refractivity (Wildman–Crippen MR) is 108 cm³/mol. The molecule has 1 atom stereocenters. The molecule has 0 amide bonds. The van der Waals surface area contributed by atoms with Crippen molar-refractivity contribution in [3.8, 4) is 0 Å². The van der Waals surface area contributed by atoms with Gasteiger partial charge in [-0.25, -0.2) is 0 Å². The van der Waals surface area contributed by atoms with Crippen molar-refractivity contribution in [3.63, 3.8) is 0 Å². The average Bonchev–Trinajstić information content (AvgIpc) is 2.60. The number of nitrogens with one attached hydrogen (secondary N) is 1. The van der Waals surface area contributed by atoms with Crippen LogP contribution < -0.4 is 16.8 Å². The van der Waals surface area contributed by atoms with Crippen molar-refractivity contribution in [2.24, 2.45) is 16.8 Å². The van der Waals surface area contributed by atoms with E-state index in [9.17, 15) is 0 Å². The molecule has 5 heteroatoms. The van der Waals surface area contributed by atoms with Crippen LogP contribution in [0.2, 0.25) is 0 Å². The van der Waals surface area contributed by atoms with Gasteiger partial charge in [0, 0.05) is 38.1 Å². The van der Waals surface area contributed by atoms with Gasteiger partial charge in [-0.2, -0.15) is 5.10 Å². The Bertz CT molecular complexity index is 627. The standard InChI is InChI=1S/C20H31N5/c1-4-17(7-8-24-25-11-9-23-10-12-25)20(22)18-14-16(13-15(2)3)5-6-19(18)21/h4-8,14-15,20,23H,1,9-13,21-22H2,2-3H3/b17-7+,24-8-. The Balaban J connectivity index is 2.15. The lowest BCUT2D eigenvalue weighted by molar-refractivity contribution is 0.253. The Kier molecular flexibility index (Phi) is 7.22. The smallest absolute Gasteiger partial charge is 0.0572 e. The Labute approximate surface area is 151 Å². The molecule has 25 heavy (non-hydrogen) atoms. The van der Waals surface area contributed by atoms with E-state index in [0.29, 0.717) is 11.6 Å². The number of nitrogen functional groups attached to an aromatic ring is 1. The number of anilines is 1. The van der Waals surface area contributed by atoms with E-state index in [4.69, 9.17) is 11.5 Å². The van der Waals surface area contributed by atoms with Crippen LogP contribution >= 0.6 is 0 Å². The van der Waals surface area contributed by atoms with E-state index in [0.717, 1.165) is 43.7 Å². The largest absolute Gasteiger partial charge is 0.398 e. The van der Waals surface area contributed by atoms with E-state index in [1.165, 1.54) is 5.56 Å². The van der Waals surface area contributed by atoms with Crippen LogP contribution in [0.4, 0.5) is 5.69 Å². The number of rotatable bonds is 7. The summed E-state index contributed by atoms with van der Waals surface area (Å²) in [5.74, 6) is 0.591. The summed E-state index contributed by atoms with van der Waals surface area (Å²) >= 11 is 0. The highest BCUT2D eigenvalue weighted by atomic mass is 15.5. The molecule has 0 aromatic heterocycles. The van der Waals surface area contributed by atoms with Crippen LogP contribution in [0.5, 0.6) is 0 Å². The van der Waals surface area contributed by atoms with Crippen LogP contribution in [0.25, 0.3) is 0 Å². The Morgan fingerprint density at radius 2 is 2.08 bits per heavy atom. The highest BCUT2D eigenvalue weighted by Gasteiger charge is 2.14. The van der Waals surface area contributed by atoms with Gasteiger partial charge in [0.05, 0.1) is 6.04 Å². The molecule has 1 fully saturated rings. The van der Waals surface area contributed by atoms with Gasteiger partial charge < -0.3 is 16.8 Å². The number of allylic oxidation sites excluding steroid dienone is 1. The average molecular weight is 342 g/mol. The lowest BCUT2D eigenvalue weighted by Crippen LogP contribution is -2.40. The Morgan fingerprint density at radius 1 is 1.36 bits per heavy atom. The van der Waals surface area contributed by atoms with Gasteiger partial charge in [0.1, 0.15) is 0 Å². The van der Waals surface area contributed by atoms with E-state index >= 15 is 0 Å². The van der Waals surface area contributed by atoms with Crippen molar-refractivity contribution in [1.82, 2.24) is 10.3 Å². The van der Waals surface area contributed by atoms with Crippen LogP contribution in [0, 0.1) is 5.92 Å². The SMILES string of the molecule is C=C/C(=C\C=N/N1CCNCC1)C(N)c1cc(CC(C)C)ccc1N. The van der Waals surface area contributed by atoms with Crippen LogP contribution in [0.1, 0.15) is 31.0 Å². The lowest BCUT2D eigenvalue weighted by atomic mass is 9.93. The Morgan fingerprint density at radius 3 is 2.72 bits per heavy atom. The maximum Gasteiger partial charge on any atom is 0.0572 e. The van der Waals surface area contributed by atoms with Crippen molar-refractivity contribution in [3.05, 3.63) is 53.6 Å². The topological polar surface area (TPSA) is 79.7 Å². The molecule has 5 nitrogen and oxygen atoms in total. The molecule has 0 spiro atoms. The summed E-state index contributed by atoms with van der Waals surface area (Å²) in [5.41, 5.74) is 16.5. The minimum Gasteiger partial charge on any atom is -0.398 e. The van der Waals surface area contributed by atoms with Crippen molar-refractivity contribution < 1.29 is 0 Å². The first-order valence-corrected chi connectivity index (χ1v) is 8.97. The molecular formula is C20H31N5. The molecule has 136 valence electrons. The maximum absolute atomic E-state index is 6.46. The van der Waals surface area contributed by atoms with Gasteiger partial charge in [0.25, 0.3) is 0 Å². The molecule has 1 unspecified atom stereocenters. The molecule has 2 rings (SSSR count). The fourth-order valence-corrected chi connectivity index (χ4v) is 2.95. The number of piperazine rings is 1. The van der Waals surface area contributed by atoms with Crippen LogP contribution in [0.3, 0.4) is 0 Å². The van der Waals surface area contributed by atoms with E-state index in [1.54, 1.807) is 12.3 Å². The van der Waals surface area contributed by atoms with Crippen molar-refractivity contribution in [1.29, 1.82) is 0 Å². The molecule has 1 aromatic carbocycles. The molecule has 0 aliphatic carbocycles. The van der Waals surface area contributed by atoms with E-state index in [-0.39, 0.29) is 6.04 Å². The van der Waals surface area contributed by atoms with E-state index < -0.39 is 0 Å². The van der Waals surface area contributed by atoms with Crippen molar-refractivity contribution in [2.75, 3.05) is 31.9 Å². The van der Waals surface area contributed by atoms with Gasteiger partial charge in [-0.05, 0) is 41.2 Å². The van der Waals surface area contributed by atoms with Gasteiger partial charge in [-0.15, -0.1) is 0 Å². The number of nitrogens with zero attached hydrogens (tertiary/aromatic N) is 2. The summed E-state index contributed by atoms with van der Waals surface area (Å²) in [5, 5.41) is 9.84. The van der Waals surface area contributed by atoms with E-state index in [1.807, 2.05) is 12.1 Å². The molecule has 5 N–H and O–H groups in total. The van der Waals surface area contributed by atoms with Gasteiger partial charge in [0.15, 0.2) is 0 Å². The van der Waals surface area contributed by atoms with Gasteiger partial charge in [-0.1, -0.05) is 38.6 Å². The van der Waals surface area contributed by atoms with E-state index in [2.05, 4.69) is 48.0 Å². The minimum absolute atomic E-state index is 0.306. The normalized spacial score (nSPS) is 17.3. The highest BCUT2D eigenvalue weighted by molar-refractivity contribution is 5.73. The monoisotopic (exact) mass is 341 g/mol. The minimum atomic E-state index is -0.306. The van der Waals surface area contributed by atoms with Crippen LogP contribution in [-0.2, 0) is 6.42 Å². The number of benzene rings is 1. The lowest BCUT2D eigenvalue weighted by Gasteiger charge is -2.24. The molecule has 1 heterocycles. The number of hydrogen-bond acceptors (Lipinski definition) is 5. The molecule has 1 aromatic rings.